The first-order valence-electron chi connectivity index (χ1n) is 10.8. The van der Waals surface area contributed by atoms with Gasteiger partial charge in [0, 0.05) is 30.2 Å². The lowest BCUT2D eigenvalue weighted by Gasteiger charge is -2.34. The molecule has 4 rings (SSSR count). The van der Waals surface area contributed by atoms with Gasteiger partial charge in [0.25, 0.3) is 0 Å². The molecule has 1 atom stereocenters. The van der Waals surface area contributed by atoms with Gasteiger partial charge in [-0.2, -0.15) is 0 Å². The number of benzene rings is 2. The Morgan fingerprint density at radius 3 is 2.71 bits per heavy atom. The molecule has 0 bridgehead atoms. The SMILES string of the molecule is CC(C)=CSc1ccc(C(C)N2CCc3ccc(Oc4cccnc4)cc3C2)cc1C. The molecule has 1 aliphatic rings. The number of nitrogens with zero attached hydrogens (tertiary/aromatic N) is 2. The molecule has 3 aromatic rings. The van der Waals surface area contributed by atoms with E-state index in [1.165, 1.54) is 32.7 Å². The van der Waals surface area contributed by atoms with Crippen molar-refractivity contribution in [2.75, 3.05) is 6.54 Å². The number of thioether (sulfide) groups is 1. The highest BCUT2D eigenvalue weighted by molar-refractivity contribution is 8.02. The van der Waals surface area contributed by atoms with Gasteiger partial charge >= 0.3 is 0 Å². The fraction of sp³-hybridized carbons (Fsp3) is 0.296. The molecule has 1 aliphatic heterocycles. The highest BCUT2D eigenvalue weighted by atomic mass is 32.2. The molecule has 2 aromatic carbocycles. The summed E-state index contributed by atoms with van der Waals surface area (Å²) in [5.74, 6) is 1.64. The van der Waals surface area contributed by atoms with Crippen LogP contribution >= 0.6 is 11.8 Å². The summed E-state index contributed by atoms with van der Waals surface area (Å²) in [5.41, 5.74) is 6.83. The standard InChI is InChI=1S/C27H30N2OS/c1-19(2)18-31-27-10-8-23(14-20(27)3)21(4)29-13-11-22-7-9-25(15-24(22)17-29)30-26-6-5-12-28-16-26/h5-10,12,14-16,18,21H,11,13,17H2,1-4H3. The first-order chi connectivity index (χ1) is 15.0. The second kappa shape index (κ2) is 9.71. The maximum Gasteiger partial charge on any atom is 0.145 e. The number of pyridine rings is 1. The van der Waals surface area contributed by atoms with Crippen LogP contribution in [0.4, 0.5) is 0 Å². The fourth-order valence-corrected chi connectivity index (χ4v) is 4.70. The average Bonchev–Trinajstić information content (AvgIpc) is 2.78. The normalized spacial score (nSPS) is 14.6. The van der Waals surface area contributed by atoms with Gasteiger partial charge in [0.1, 0.15) is 11.5 Å². The van der Waals surface area contributed by atoms with Gasteiger partial charge in [0.05, 0.1) is 6.20 Å². The van der Waals surface area contributed by atoms with Crippen LogP contribution in [0.25, 0.3) is 0 Å². The van der Waals surface area contributed by atoms with Crippen LogP contribution in [-0.2, 0) is 13.0 Å². The van der Waals surface area contributed by atoms with E-state index >= 15 is 0 Å². The Hall–Kier alpha value is -2.56. The van der Waals surface area contributed by atoms with Gasteiger partial charge in [0.2, 0.25) is 0 Å². The van der Waals surface area contributed by atoms with Crippen LogP contribution in [0.5, 0.6) is 11.5 Å². The highest BCUT2D eigenvalue weighted by Gasteiger charge is 2.22. The number of aromatic nitrogens is 1. The summed E-state index contributed by atoms with van der Waals surface area (Å²) in [4.78, 5) is 8.03. The maximum absolute atomic E-state index is 6.01. The van der Waals surface area contributed by atoms with Crippen molar-refractivity contribution in [1.29, 1.82) is 0 Å². The maximum atomic E-state index is 6.01. The monoisotopic (exact) mass is 430 g/mol. The molecular formula is C27H30N2OS. The Kier molecular flexibility index (Phi) is 6.79. The topological polar surface area (TPSA) is 25.4 Å². The molecule has 0 N–H and O–H groups in total. The Labute approximate surface area is 190 Å². The number of allylic oxidation sites excluding steroid dienone is 1. The van der Waals surface area contributed by atoms with Crippen molar-refractivity contribution in [3.8, 4) is 11.5 Å². The van der Waals surface area contributed by atoms with Crippen LogP contribution in [-0.4, -0.2) is 16.4 Å². The minimum absolute atomic E-state index is 0.372. The highest BCUT2D eigenvalue weighted by Crippen LogP contribution is 2.33. The number of hydrogen-bond donors (Lipinski definition) is 0. The third kappa shape index (κ3) is 5.38. The zero-order chi connectivity index (χ0) is 21.8. The second-order valence-electron chi connectivity index (χ2n) is 8.46. The van der Waals surface area contributed by atoms with E-state index in [0.717, 1.165) is 31.0 Å². The molecule has 0 amide bonds. The predicted molar refractivity (Wildman–Crippen MR) is 130 cm³/mol. The van der Waals surface area contributed by atoms with Gasteiger partial charge in [-0.15, -0.1) is 0 Å². The molecule has 0 spiro atoms. The van der Waals surface area contributed by atoms with Gasteiger partial charge in [0.15, 0.2) is 0 Å². The Bertz CT molecular complexity index is 1070. The summed E-state index contributed by atoms with van der Waals surface area (Å²) in [5, 5.41) is 2.22. The van der Waals surface area contributed by atoms with Crippen molar-refractivity contribution < 1.29 is 4.74 Å². The van der Waals surface area contributed by atoms with Gasteiger partial charge in [-0.25, -0.2) is 0 Å². The van der Waals surface area contributed by atoms with Gasteiger partial charge in [-0.05, 0) is 92.1 Å². The zero-order valence-electron chi connectivity index (χ0n) is 18.8. The Morgan fingerprint density at radius 2 is 1.97 bits per heavy atom. The number of fused-ring (bicyclic) bond motifs is 1. The number of rotatable bonds is 6. The molecule has 2 heterocycles. The molecule has 0 saturated heterocycles. The van der Waals surface area contributed by atoms with Crippen LogP contribution in [0.1, 0.15) is 49.1 Å². The third-order valence-electron chi connectivity index (χ3n) is 5.74. The number of hydrogen-bond acceptors (Lipinski definition) is 4. The van der Waals surface area contributed by atoms with E-state index < -0.39 is 0 Å². The van der Waals surface area contributed by atoms with Crippen molar-refractivity contribution in [2.24, 2.45) is 0 Å². The lowest BCUT2D eigenvalue weighted by Crippen LogP contribution is -2.32. The van der Waals surface area contributed by atoms with E-state index in [-0.39, 0.29) is 0 Å². The van der Waals surface area contributed by atoms with E-state index in [4.69, 9.17) is 4.74 Å². The first-order valence-corrected chi connectivity index (χ1v) is 11.7. The van der Waals surface area contributed by atoms with Crippen LogP contribution in [0.15, 0.2) is 76.8 Å². The summed E-state index contributed by atoms with van der Waals surface area (Å²) in [6.45, 7) is 10.8. The number of aryl methyl sites for hydroxylation is 1. The van der Waals surface area contributed by atoms with Gasteiger partial charge in [-0.3, -0.25) is 9.88 Å². The van der Waals surface area contributed by atoms with Crippen molar-refractivity contribution in [3.63, 3.8) is 0 Å². The van der Waals surface area contributed by atoms with Crippen LogP contribution < -0.4 is 4.74 Å². The quantitative estimate of drug-likeness (QED) is 0.383. The van der Waals surface area contributed by atoms with Gasteiger partial charge in [-0.1, -0.05) is 35.5 Å². The van der Waals surface area contributed by atoms with Crippen LogP contribution in [0, 0.1) is 6.92 Å². The van der Waals surface area contributed by atoms with E-state index in [1.807, 2.05) is 23.9 Å². The molecular weight excluding hydrogens is 400 g/mol. The molecule has 4 heteroatoms. The molecule has 0 radical (unpaired) electrons. The van der Waals surface area contributed by atoms with E-state index in [0.29, 0.717) is 6.04 Å². The lowest BCUT2D eigenvalue weighted by atomic mass is 9.96. The first kappa shape index (κ1) is 21.7. The summed E-state index contributed by atoms with van der Waals surface area (Å²) >= 11 is 1.81. The lowest BCUT2D eigenvalue weighted by molar-refractivity contribution is 0.192. The van der Waals surface area contributed by atoms with Crippen molar-refractivity contribution in [1.82, 2.24) is 9.88 Å². The molecule has 0 saturated carbocycles. The molecule has 1 aromatic heterocycles. The minimum atomic E-state index is 0.372. The van der Waals surface area contributed by atoms with E-state index in [2.05, 4.69) is 79.4 Å². The van der Waals surface area contributed by atoms with Crippen LogP contribution in [0.2, 0.25) is 0 Å². The summed E-state index contributed by atoms with van der Waals surface area (Å²) in [6.07, 6.45) is 4.57. The number of ether oxygens (including phenoxy) is 1. The third-order valence-corrected chi connectivity index (χ3v) is 7.04. The fourth-order valence-electron chi connectivity index (χ4n) is 3.95. The molecule has 31 heavy (non-hydrogen) atoms. The molecule has 0 fully saturated rings. The molecule has 1 unspecified atom stereocenters. The molecule has 3 nitrogen and oxygen atoms in total. The zero-order valence-corrected chi connectivity index (χ0v) is 19.6. The molecule has 160 valence electrons. The largest absolute Gasteiger partial charge is 0.456 e. The summed E-state index contributed by atoms with van der Waals surface area (Å²) in [6, 6.07) is 17.6. The Morgan fingerprint density at radius 1 is 1.10 bits per heavy atom. The summed E-state index contributed by atoms with van der Waals surface area (Å²) in [7, 11) is 0. The molecule has 0 aliphatic carbocycles. The second-order valence-corrected chi connectivity index (χ2v) is 9.37. The minimum Gasteiger partial charge on any atom is -0.456 e. The van der Waals surface area contributed by atoms with Gasteiger partial charge < -0.3 is 4.74 Å². The Balaban J connectivity index is 1.48. The van der Waals surface area contributed by atoms with Crippen molar-refractivity contribution in [3.05, 3.63) is 94.2 Å². The van der Waals surface area contributed by atoms with E-state index in [1.54, 1.807) is 12.4 Å². The smallest absolute Gasteiger partial charge is 0.145 e. The van der Waals surface area contributed by atoms with E-state index in [9.17, 15) is 0 Å². The van der Waals surface area contributed by atoms with Crippen molar-refractivity contribution >= 4 is 11.8 Å². The van der Waals surface area contributed by atoms with Crippen LogP contribution in [0.3, 0.4) is 0 Å². The summed E-state index contributed by atoms with van der Waals surface area (Å²) < 4.78 is 6.01. The average molecular weight is 431 g/mol. The van der Waals surface area contributed by atoms with Crippen molar-refractivity contribution in [2.45, 2.75) is 51.6 Å². The predicted octanol–water partition coefficient (Wildman–Crippen LogP) is 7.32.